The molecule has 0 aliphatic heterocycles. The number of nitrogens with one attached hydrogen (secondary N) is 1. The predicted octanol–water partition coefficient (Wildman–Crippen LogP) is 3.57. The minimum Gasteiger partial charge on any atom is -0.211 e. The van der Waals surface area contributed by atoms with Crippen LogP contribution in [0.1, 0.15) is 11.3 Å². The number of hydrogen-bond acceptors (Lipinski definition) is 5. The second-order valence-electron chi connectivity index (χ2n) is 6.42. The average Bonchev–Trinajstić information content (AvgIpc) is 3.23. The van der Waals surface area contributed by atoms with Crippen molar-refractivity contribution in [3.63, 3.8) is 0 Å². The molecular weight excluding hydrogens is 418 g/mol. The number of aryl methyl sites for hydroxylation is 1. The molecule has 2 aromatic heterocycles. The Morgan fingerprint density at radius 2 is 1.93 bits per heavy atom. The summed E-state index contributed by atoms with van der Waals surface area (Å²) in [7, 11) is -3.76. The molecule has 10 heteroatoms. The van der Waals surface area contributed by atoms with Crippen LogP contribution < -0.4 is 4.72 Å². The van der Waals surface area contributed by atoms with Gasteiger partial charge in [0.15, 0.2) is 5.82 Å². The van der Waals surface area contributed by atoms with Gasteiger partial charge in [-0.1, -0.05) is 12.1 Å². The van der Waals surface area contributed by atoms with E-state index in [9.17, 15) is 17.2 Å². The van der Waals surface area contributed by atoms with Crippen molar-refractivity contribution in [3.8, 4) is 11.4 Å². The van der Waals surface area contributed by atoms with Crippen molar-refractivity contribution in [1.29, 1.82) is 0 Å². The van der Waals surface area contributed by atoms with Gasteiger partial charge in [0.25, 0.3) is 0 Å². The van der Waals surface area contributed by atoms with E-state index < -0.39 is 15.8 Å². The number of hydrogen-bond donors (Lipinski definition) is 1. The van der Waals surface area contributed by atoms with Crippen LogP contribution in [0, 0.1) is 18.6 Å². The van der Waals surface area contributed by atoms with Crippen LogP contribution in [0.15, 0.2) is 52.7 Å². The highest BCUT2D eigenvalue weighted by Gasteiger charge is 2.18. The molecule has 1 N–H and O–H groups in total. The van der Waals surface area contributed by atoms with Crippen LogP contribution in [-0.4, -0.2) is 29.6 Å². The standard InChI is InChI=1S/C19H16F2N4O2S2/c1-12-9-15(21)5-6-17(12)29(26,27)22-8-7-16-11-28-19-23-18(24-25(16)19)13-3-2-4-14(20)10-13/h2-6,9-11,22H,7-8H2,1H3. The molecule has 0 bridgehead atoms. The molecule has 0 atom stereocenters. The molecule has 0 aliphatic carbocycles. The van der Waals surface area contributed by atoms with Crippen molar-refractivity contribution in [2.24, 2.45) is 0 Å². The Labute approximate surface area is 169 Å². The van der Waals surface area contributed by atoms with Gasteiger partial charge >= 0.3 is 0 Å². The maximum Gasteiger partial charge on any atom is 0.240 e. The summed E-state index contributed by atoms with van der Waals surface area (Å²) in [5, 5.41) is 6.26. The number of aromatic nitrogens is 3. The van der Waals surface area contributed by atoms with Crippen LogP contribution >= 0.6 is 11.3 Å². The Bertz CT molecular complexity index is 1300. The molecule has 0 saturated heterocycles. The SMILES string of the molecule is Cc1cc(F)ccc1S(=O)(=O)NCCc1csc2nc(-c3cccc(F)c3)nn12. The monoisotopic (exact) mass is 434 g/mol. The summed E-state index contributed by atoms with van der Waals surface area (Å²) in [5.41, 5.74) is 1.68. The first kappa shape index (κ1) is 19.6. The lowest BCUT2D eigenvalue weighted by Gasteiger charge is -2.09. The van der Waals surface area contributed by atoms with Crippen LogP contribution in [0.5, 0.6) is 0 Å². The van der Waals surface area contributed by atoms with E-state index in [2.05, 4.69) is 14.8 Å². The van der Waals surface area contributed by atoms with Crippen LogP contribution in [-0.2, 0) is 16.4 Å². The van der Waals surface area contributed by atoms with Crippen LogP contribution in [0.2, 0.25) is 0 Å². The van der Waals surface area contributed by atoms with Gasteiger partial charge in [-0.05, 0) is 42.8 Å². The molecule has 6 nitrogen and oxygen atoms in total. The van der Waals surface area contributed by atoms with Crippen molar-refractivity contribution in [1.82, 2.24) is 19.3 Å². The Morgan fingerprint density at radius 3 is 2.69 bits per heavy atom. The van der Waals surface area contributed by atoms with Gasteiger partial charge in [0.05, 0.1) is 10.6 Å². The summed E-state index contributed by atoms with van der Waals surface area (Å²) in [5.74, 6) is -0.450. The van der Waals surface area contributed by atoms with E-state index >= 15 is 0 Å². The highest BCUT2D eigenvalue weighted by atomic mass is 32.2. The molecule has 4 aromatic rings. The Hall–Kier alpha value is -2.69. The first-order chi connectivity index (χ1) is 13.8. The van der Waals surface area contributed by atoms with Crippen molar-refractivity contribution in [3.05, 3.63) is 70.7 Å². The van der Waals surface area contributed by atoms with Crippen molar-refractivity contribution >= 4 is 26.3 Å². The van der Waals surface area contributed by atoms with Gasteiger partial charge in [0.2, 0.25) is 15.0 Å². The van der Waals surface area contributed by atoms with Gasteiger partial charge in [-0.25, -0.2) is 26.4 Å². The molecule has 0 unspecified atom stereocenters. The van der Waals surface area contributed by atoms with Gasteiger partial charge in [0, 0.05) is 23.9 Å². The molecule has 4 rings (SSSR count). The minimum absolute atomic E-state index is 0.0449. The fourth-order valence-corrected chi connectivity index (χ4v) is 5.06. The van der Waals surface area contributed by atoms with E-state index in [4.69, 9.17) is 0 Å². The molecule has 0 aliphatic rings. The Balaban J connectivity index is 1.50. The van der Waals surface area contributed by atoms with E-state index in [-0.39, 0.29) is 17.3 Å². The molecule has 0 fully saturated rings. The molecule has 0 amide bonds. The third kappa shape index (κ3) is 4.04. The summed E-state index contributed by atoms with van der Waals surface area (Å²) in [6.45, 7) is 1.68. The van der Waals surface area contributed by atoms with Crippen LogP contribution in [0.4, 0.5) is 8.78 Å². The predicted molar refractivity (Wildman–Crippen MR) is 106 cm³/mol. The van der Waals surface area contributed by atoms with Crippen LogP contribution in [0.3, 0.4) is 0 Å². The lowest BCUT2D eigenvalue weighted by atomic mass is 10.2. The summed E-state index contributed by atoms with van der Waals surface area (Å²) in [6.07, 6.45) is 0.380. The molecule has 0 spiro atoms. The first-order valence-corrected chi connectivity index (χ1v) is 11.0. The Morgan fingerprint density at radius 1 is 1.14 bits per heavy atom. The number of nitrogens with zero attached hydrogens (tertiary/aromatic N) is 3. The fourth-order valence-electron chi connectivity index (χ4n) is 2.95. The van der Waals surface area contributed by atoms with Gasteiger partial charge in [-0.15, -0.1) is 16.4 Å². The summed E-state index contributed by atoms with van der Waals surface area (Å²) in [6, 6.07) is 9.57. The van der Waals surface area contributed by atoms with Crippen molar-refractivity contribution < 1.29 is 17.2 Å². The van der Waals surface area contributed by atoms with Crippen LogP contribution in [0.25, 0.3) is 16.3 Å². The quantitative estimate of drug-likeness (QED) is 0.503. The zero-order valence-electron chi connectivity index (χ0n) is 15.3. The fraction of sp³-hybridized carbons (Fsp3) is 0.158. The number of benzene rings is 2. The summed E-state index contributed by atoms with van der Waals surface area (Å²) >= 11 is 1.37. The second kappa shape index (κ2) is 7.62. The third-order valence-corrected chi connectivity index (χ3v) is 6.82. The topological polar surface area (TPSA) is 76.4 Å². The summed E-state index contributed by atoms with van der Waals surface area (Å²) < 4.78 is 55.8. The molecule has 0 saturated carbocycles. The molecular formula is C19H16F2N4O2S2. The summed E-state index contributed by atoms with van der Waals surface area (Å²) in [4.78, 5) is 5.08. The highest BCUT2D eigenvalue weighted by molar-refractivity contribution is 7.89. The minimum atomic E-state index is -3.76. The maximum absolute atomic E-state index is 13.4. The van der Waals surface area contributed by atoms with Gasteiger partial charge in [-0.2, -0.15) is 4.98 Å². The first-order valence-electron chi connectivity index (χ1n) is 8.68. The Kier molecular flexibility index (Phi) is 5.15. The van der Waals surface area contributed by atoms with E-state index in [0.717, 1.165) is 11.8 Å². The number of rotatable bonds is 6. The largest absolute Gasteiger partial charge is 0.240 e. The van der Waals surface area contributed by atoms with Gasteiger partial charge in [0.1, 0.15) is 11.6 Å². The molecule has 150 valence electrons. The van der Waals surface area contributed by atoms with E-state index in [1.54, 1.807) is 23.6 Å². The number of thiazole rings is 1. The lowest BCUT2D eigenvalue weighted by Crippen LogP contribution is -2.27. The van der Waals surface area contributed by atoms with E-state index in [1.165, 1.54) is 35.6 Å². The van der Waals surface area contributed by atoms with E-state index in [0.29, 0.717) is 28.3 Å². The normalized spacial score (nSPS) is 12.0. The average molecular weight is 434 g/mol. The second-order valence-corrected chi connectivity index (χ2v) is 9.00. The zero-order chi connectivity index (χ0) is 20.6. The lowest BCUT2D eigenvalue weighted by molar-refractivity contribution is 0.579. The molecule has 0 radical (unpaired) electrons. The van der Waals surface area contributed by atoms with Gasteiger partial charge in [-0.3, -0.25) is 0 Å². The number of fused-ring (bicyclic) bond motifs is 1. The zero-order valence-corrected chi connectivity index (χ0v) is 16.9. The third-order valence-electron chi connectivity index (χ3n) is 4.33. The smallest absolute Gasteiger partial charge is 0.211 e. The maximum atomic E-state index is 13.4. The molecule has 2 heterocycles. The van der Waals surface area contributed by atoms with Gasteiger partial charge < -0.3 is 0 Å². The number of halogens is 2. The highest BCUT2D eigenvalue weighted by Crippen LogP contribution is 2.22. The molecule has 29 heavy (non-hydrogen) atoms. The van der Waals surface area contributed by atoms with Crippen molar-refractivity contribution in [2.75, 3.05) is 6.54 Å². The van der Waals surface area contributed by atoms with Crippen molar-refractivity contribution in [2.45, 2.75) is 18.2 Å². The number of sulfonamides is 1. The molecule has 2 aromatic carbocycles. The van der Waals surface area contributed by atoms with E-state index in [1.807, 2.05) is 5.38 Å².